The third-order valence-corrected chi connectivity index (χ3v) is 4.64. The molecule has 0 spiro atoms. The summed E-state index contributed by atoms with van der Waals surface area (Å²) in [5, 5.41) is 3.72. The van der Waals surface area contributed by atoms with Gasteiger partial charge in [0.15, 0.2) is 0 Å². The molecule has 0 bridgehead atoms. The maximum absolute atomic E-state index is 3.72. The van der Waals surface area contributed by atoms with E-state index in [0.29, 0.717) is 5.41 Å². The Morgan fingerprint density at radius 3 is 2.16 bits per heavy atom. The first-order chi connectivity index (χ1) is 9.26. The van der Waals surface area contributed by atoms with E-state index in [4.69, 9.17) is 0 Å². The molecule has 0 aromatic heterocycles. The molecule has 0 aromatic carbocycles. The maximum atomic E-state index is 3.72. The molecule has 19 heavy (non-hydrogen) atoms. The molecular weight excluding hydrogens is 232 g/mol. The first kappa shape index (κ1) is 17.0. The van der Waals surface area contributed by atoms with Crippen LogP contribution in [0.5, 0.6) is 0 Å². The van der Waals surface area contributed by atoms with Crippen molar-refractivity contribution in [2.75, 3.05) is 32.7 Å². The van der Waals surface area contributed by atoms with Gasteiger partial charge >= 0.3 is 0 Å². The van der Waals surface area contributed by atoms with Crippen LogP contribution < -0.4 is 5.32 Å². The number of nitrogens with one attached hydrogen (secondary N) is 1. The molecule has 0 aliphatic heterocycles. The molecule has 2 heteroatoms. The van der Waals surface area contributed by atoms with Crippen molar-refractivity contribution in [2.45, 2.75) is 72.1 Å². The van der Waals surface area contributed by atoms with Gasteiger partial charge in [0, 0.05) is 13.1 Å². The van der Waals surface area contributed by atoms with E-state index >= 15 is 0 Å². The quantitative estimate of drug-likeness (QED) is 0.501. The first-order valence-electron chi connectivity index (χ1n) is 8.69. The third-order valence-electron chi connectivity index (χ3n) is 4.64. The molecule has 0 radical (unpaired) electrons. The Bertz CT molecular complexity index is 207. The second kappa shape index (κ2) is 9.77. The zero-order chi connectivity index (χ0) is 14.0. The molecule has 0 atom stereocenters. The topological polar surface area (TPSA) is 15.3 Å². The van der Waals surface area contributed by atoms with Crippen LogP contribution in [0.1, 0.15) is 72.1 Å². The summed E-state index contributed by atoms with van der Waals surface area (Å²) >= 11 is 0. The van der Waals surface area contributed by atoms with Crippen molar-refractivity contribution in [3.05, 3.63) is 0 Å². The molecular formula is C17H36N2. The van der Waals surface area contributed by atoms with Crippen LogP contribution in [0.15, 0.2) is 0 Å². The van der Waals surface area contributed by atoms with Crippen molar-refractivity contribution in [3.63, 3.8) is 0 Å². The van der Waals surface area contributed by atoms with Gasteiger partial charge < -0.3 is 10.2 Å². The molecule has 1 rings (SSSR count). The van der Waals surface area contributed by atoms with E-state index in [9.17, 15) is 0 Å². The van der Waals surface area contributed by atoms with E-state index in [1.807, 2.05) is 0 Å². The zero-order valence-corrected chi connectivity index (χ0v) is 13.6. The van der Waals surface area contributed by atoms with Gasteiger partial charge in [-0.05, 0) is 50.7 Å². The van der Waals surface area contributed by atoms with Gasteiger partial charge in [-0.1, -0.05) is 46.5 Å². The van der Waals surface area contributed by atoms with E-state index < -0.39 is 0 Å². The fourth-order valence-electron chi connectivity index (χ4n) is 3.54. The maximum Gasteiger partial charge on any atom is 0.00500 e. The van der Waals surface area contributed by atoms with Gasteiger partial charge in [-0.25, -0.2) is 0 Å². The summed E-state index contributed by atoms with van der Waals surface area (Å²) in [6.45, 7) is 13.1. The molecule has 1 fully saturated rings. The van der Waals surface area contributed by atoms with Crippen molar-refractivity contribution in [3.8, 4) is 0 Å². The second-order valence-corrected chi connectivity index (χ2v) is 6.46. The van der Waals surface area contributed by atoms with Crippen LogP contribution in [-0.2, 0) is 0 Å². The van der Waals surface area contributed by atoms with E-state index in [-0.39, 0.29) is 0 Å². The van der Waals surface area contributed by atoms with Crippen molar-refractivity contribution in [1.82, 2.24) is 10.2 Å². The monoisotopic (exact) mass is 268 g/mol. The lowest BCUT2D eigenvalue weighted by Gasteiger charge is -2.38. The summed E-state index contributed by atoms with van der Waals surface area (Å²) in [7, 11) is 0. The Labute approximate surface area is 121 Å². The minimum absolute atomic E-state index is 0.552. The highest BCUT2D eigenvalue weighted by Gasteiger charge is 2.32. The fraction of sp³-hybridized carbons (Fsp3) is 1.00. The molecule has 1 saturated carbocycles. The number of nitrogens with zero attached hydrogens (tertiary/aromatic N) is 1. The van der Waals surface area contributed by atoms with E-state index in [2.05, 4.69) is 31.0 Å². The SMILES string of the molecule is CCCNCC1(CN(CC)CCC)CCCCCC1. The minimum Gasteiger partial charge on any atom is -0.316 e. The van der Waals surface area contributed by atoms with Crippen molar-refractivity contribution < 1.29 is 0 Å². The molecule has 1 aliphatic rings. The van der Waals surface area contributed by atoms with E-state index in [1.54, 1.807) is 0 Å². The Morgan fingerprint density at radius 2 is 1.63 bits per heavy atom. The van der Waals surface area contributed by atoms with Crippen LogP contribution in [0.3, 0.4) is 0 Å². The van der Waals surface area contributed by atoms with E-state index in [0.717, 1.165) is 0 Å². The van der Waals surface area contributed by atoms with Crippen LogP contribution in [0, 0.1) is 5.41 Å². The van der Waals surface area contributed by atoms with Gasteiger partial charge in [0.25, 0.3) is 0 Å². The summed E-state index contributed by atoms with van der Waals surface area (Å²) in [4.78, 5) is 2.68. The van der Waals surface area contributed by atoms with Gasteiger partial charge in [-0.3, -0.25) is 0 Å². The Kier molecular flexibility index (Phi) is 8.72. The lowest BCUT2D eigenvalue weighted by Crippen LogP contribution is -2.44. The predicted molar refractivity (Wildman–Crippen MR) is 85.7 cm³/mol. The summed E-state index contributed by atoms with van der Waals surface area (Å²) < 4.78 is 0. The van der Waals surface area contributed by atoms with Gasteiger partial charge in [-0.15, -0.1) is 0 Å². The van der Waals surface area contributed by atoms with Crippen molar-refractivity contribution in [1.29, 1.82) is 0 Å². The van der Waals surface area contributed by atoms with Crippen LogP contribution in [0.25, 0.3) is 0 Å². The molecule has 1 aliphatic carbocycles. The number of hydrogen-bond acceptors (Lipinski definition) is 2. The molecule has 0 heterocycles. The number of rotatable bonds is 9. The highest BCUT2D eigenvalue weighted by molar-refractivity contribution is 4.86. The fourth-order valence-corrected chi connectivity index (χ4v) is 3.54. The standard InChI is InChI=1S/C17H36N2/c1-4-13-18-15-17(11-9-7-8-10-12-17)16-19(6-3)14-5-2/h18H,4-16H2,1-3H3. The van der Waals surface area contributed by atoms with Crippen molar-refractivity contribution >= 4 is 0 Å². The smallest absolute Gasteiger partial charge is 0.00500 e. The van der Waals surface area contributed by atoms with Crippen LogP contribution in [-0.4, -0.2) is 37.6 Å². The summed E-state index contributed by atoms with van der Waals surface area (Å²) in [5.74, 6) is 0. The molecule has 0 saturated heterocycles. The van der Waals surface area contributed by atoms with Crippen LogP contribution >= 0.6 is 0 Å². The molecule has 0 unspecified atom stereocenters. The second-order valence-electron chi connectivity index (χ2n) is 6.46. The third kappa shape index (κ3) is 6.27. The average Bonchev–Trinajstić information content (AvgIpc) is 2.65. The Hall–Kier alpha value is -0.0800. The molecule has 1 N–H and O–H groups in total. The van der Waals surface area contributed by atoms with Gasteiger partial charge in [0.1, 0.15) is 0 Å². The van der Waals surface area contributed by atoms with Crippen LogP contribution in [0.2, 0.25) is 0 Å². The molecule has 0 amide bonds. The lowest BCUT2D eigenvalue weighted by atomic mass is 9.79. The van der Waals surface area contributed by atoms with Gasteiger partial charge in [-0.2, -0.15) is 0 Å². The highest BCUT2D eigenvalue weighted by Crippen LogP contribution is 2.35. The van der Waals surface area contributed by atoms with Gasteiger partial charge in [0.2, 0.25) is 0 Å². The molecule has 114 valence electrons. The van der Waals surface area contributed by atoms with Crippen LogP contribution in [0.4, 0.5) is 0 Å². The molecule has 2 nitrogen and oxygen atoms in total. The Balaban J connectivity index is 2.60. The predicted octanol–water partition coefficient (Wildman–Crippen LogP) is 4.06. The first-order valence-corrected chi connectivity index (χ1v) is 8.69. The zero-order valence-electron chi connectivity index (χ0n) is 13.6. The summed E-state index contributed by atoms with van der Waals surface area (Å²) in [5.41, 5.74) is 0.552. The highest BCUT2D eigenvalue weighted by atomic mass is 15.1. The Morgan fingerprint density at radius 1 is 0.947 bits per heavy atom. The lowest BCUT2D eigenvalue weighted by molar-refractivity contribution is 0.131. The largest absolute Gasteiger partial charge is 0.316 e. The average molecular weight is 268 g/mol. The minimum atomic E-state index is 0.552. The van der Waals surface area contributed by atoms with E-state index in [1.165, 1.54) is 84.1 Å². The van der Waals surface area contributed by atoms with Gasteiger partial charge in [0.05, 0.1) is 0 Å². The summed E-state index contributed by atoms with van der Waals surface area (Å²) in [6.07, 6.45) is 11.2. The number of hydrogen-bond donors (Lipinski definition) is 1. The summed E-state index contributed by atoms with van der Waals surface area (Å²) in [6, 6.07) is 0. The van der Waals surface area contributed by atoms with Crippen molar-refractivity contribution in [2.24, 2.45) is 5.41 Å². The normalized spacial score (nSPS) is 19.6. The molecule has 0 aromatic rings.